The van der Waals surface area contributed by atoms with Gasteiger partial charge in [-0.05, 0) is 70.5 Å². The van der Waals surface area contributed by atoms with Gasteiger partial charge in [-0.1, -0.05) is 11.6 Å². The normalized spacial score (nSPS) is 10.2. The van der Waals surface area contributed by atoms with E-state index in [2.05, 4.69) is 26.2 Å². The molecule has 1 aromatic heterocycles. The second-order valence-corrected chi connectivity index (χ2v) is 6.28. The number of rotatable bonds is 4. The highest BCUT2D eigenvalue weighted by Crippen LogP contribution is 2.24. The molecule has 0 spiro atoms. The number of carbonyl (C=O) groups excluding carboxylic acids is 1. The zero-order valence-corrected chi connectivity index (χ0v) is 14.7. The molecule has 120 valence electrons. The fraction of sp³-hybridized carbons (Fsp3) is 0. The van der Waals surface area contributed by atoms with Gasteiger partial charge in [-0.3, -0.25) is 9.78 Å². The third kappa shape index (κ3) is 4.34. The molecule has 0 unspecified atom stereocenters. The van der Waals surface area contributed by atoms with Crippen LogP contribution < -0.4 is 10.1 Å². The lowest BCUT2D eigenvalue weighted by atomic mass is 10.2. The fourth-order valence-electron chi connectivity index (χ4n) is 1.98. The first kappa shape index (κ1) is 16.5. The van der Waals surface area contributed by atoms with Crippen LogP contribution in [0.15, 0.2) is 71.5 Å². The lowest BCUT2D eigenvalue weighted by molar-refractivity contribution is 0.102. The SMILES string of the molecule is O=C(Nc1ccc(Oc2ccc(Cl)cc2)cc1)c1cncc(Br)c1. The number of benzene rings is 2. The van der Waals surface area contributed by atoms with E-state index in [1.807, 2.05) is 0 Å². The molecule has 0 saturated carbocycles. The number of amides is 1. The van der Waals surface area contributed by atoms with Gasteiger partial charge in [0.15, 0.2) is 0 Å². The summed E-state index contributed by atoms with van der Waals surface area (Å²) in [6, 6.07) is 15.9. The first-order valence-corrected chi connectivity index (χ1v) is 8.23. The van der Waals surface area contributed by atoms with Gasteiger partial charge in [0.1, 0.15) is 11.5 Å². The van der Waals surface area contributed by atoms with E-state index in [1.165, 1.54) is 6.20 Å². The second-order valence-electron chi connectivity index (χ2n) is 4.93. The standard InChI is InChI=1S/C18H12BrClN2O2/c19-13-9-12(10-21-11-13)18(23)22-15-3-7-17(8-4-15)24-16-5-1-14(20)2-6-16/h1-11H,(H,22,23). The van der Waals surface area contributed by atoms with Gasteiger partial charge in [0, 0.05) is 27.6 Å². The van der Waals surface area contributed by atoms with Crippen molar-refractivity contribution in [1.82, 2.24) is 4.98 Å². The number of hydrogen-bond donors (Lipinski definition) is 1. The Balaban J connectivity index is 1.66. The van der Waals surface area contributed by atoms with E-state index in [0.717, 1.165) is 4.47 Å². The molecular weight excluding hydrogens is 392 g/mol. The zero-order valence-electron chi connectivity index (χ0n) is 12.4. The van der Waals surface area contributed by atoms with E-state index >= 15 is 0 Å². The number of pyridine rings is 1. The highest BCUT2D eigenvalue weighted by molar-refractivity contribution is 9.10. The summed E-state index contributed by atoms with van der Waals surface area (Å²) >= 11 is 9.14. The maximum absolute atomic E-state index is 12.2. The molecule has 3 aromatic rings. The Bertz CT molecular complexity index is 852. The maximum Gasteiger partial charge on any atom is 0.257 e. The maximum atomic E-state index is 12.2. The molecule has 1 heterocycles. The molecule has 0 atom stereocenters. The van der Waals surface area contributed by atoms with E-state index < -0.39 is 0 Å². The highest BCUT2D eigenvalue weighted by Gasteiger charge is 2.07. The number of hydrogen-bond acceptors (Lipinski definition) is 3. The van der Waals surface area contributed by atoms with Crippen LogP contribution in [0.2, 0.25) is 5.02 Å². The Labute approximate surface area is 152 Å². The van der Waals surface area contributed by atoms with Crippen molar-refractivity contribution in [2.24, 2.45) is 0 Å². The summed E-state index contributed by atoms with van der Waals surface area (Å²) in [5.41, 5.74) is 1.15. The van der Waals surface area contributed by atoms with Gasteiger partial charge in [-0.15, -0.1) is 0 Å². The van der Waals surface area contributed by atoms with Crippen molar-refractivity contribution >= 4 is 39.1 Å². The van der Waals surface area contributed by atoms with E-state index in [1.54, 1.807) is 60.8 Å². The topological polar surface area (TPSA) is 51.2 Å². The van der Waals surface area contributed by atoms with Gasteiger partial charge in [0.05, 0.1) is 5.56 Å². The molecule has 1 amide bonds. The molecule has 0 aliphatic heterocycles. The number of ether oxygens (including phenoxy) is 1. The lowest BCUT2D eigenvalue weighted by Crippen LogP contribution is -2.12. The van der Waals surface area contributed by atoms with Crippen LogP contribution in [0.1, 0.15) is 10.4 Å². The zero-order chi connectivity index (χ0) is 16.9. The first-order valence-electron chi connectivity index (χ1n) is 7.05. The third-order valence-electron chi connectivity index (χ3n) is 3.13. The van der Waals surface area contributed by atoms with Crippen LogP contribution in [0.5, 0.6) is 11.5 Å². The van der Waals surface area contributed by atoms with Gasteiger partial charge < -0.3 is 10.1 Å². The summed E-state index contributed by atoms with van der Waals surface area (Å²) in [7, 11) is 0. The molecule has 0 fully saturated rings. The number of halogens is 2. The minimum Gasteiger partial charge on any atom is -0.457 e. The van der Waals surface area contributed by atoms with Gasteiger partial charge in [-0.25, -0.2) is 0 Å². The van der Waals surface area contributed by atoms with Crippen LogP contribution in [0.25, 0.3) is 0 Å². The van der Waals surface area contributed by atoms with Crippen LogP contribution >= 0.6 is 27.5 Å². The lowest BCUT2D eigenvalue weighted by Gasteiger charge is -2.08. The number of carbonyl (C=O) groups is 1. The molecule has 2 aromatic carbocycles. The van der Waals surface area contributed by atoms with Crippen LogP contribution in [-0.2, 0) is 0 Å². The Hall–Kier alpha value is -2.37. The largest absolute Gasteiger partial charge is 0.457 e. The Morgan fingerprint density at radius 3 is 2.25 bits per heavy atom. The molecule has 0 aliphatic rings. The van der Waals surface area contributed by atoms with Gasteiger partial charge >= 0.3 is 0 Å². The van der Waals surface area contributed by atoms with E-state index in [-0.39, 0.29) is 5.91 Å². The van der Waals surface area contributed by atoms with E-state index in [4.69, 9.17) is 16.3 Å². The number of nitrogens with one attached hydrogen (secondary N) is 1. The molecule has 0 saturated heterocycles. The smallest absolute Gasteiger partial charge is 0.257 e. The third-order valence-corrected chi connectivity index (χ3v) is 3.81. The Morgan fingerprint density at radius 1 is 1.00 bits per heavy atom. The summed E-state index contributed by atoms with van der Waals surface area (Å²) in [6.45, 7) is 0. The highest BCUT2D eigenvalue weighted by atomic mass is 79.9. The van der Waals surface area contributed by atoms with Crippen molar-refractivity contribution in [3.8, 4) is 11.5 Å². The average Bonchev–Trinajstić information content (AvgIpc) is 2.59. The molecule has 0 aliphatic carbocycles. The van der Waals surface area contributed by atoms with E-state index in [9.17, 15) is 4.79 Å². The fourth-order valence-corrected chi connectivity index (χ4v) is 2.48. The Morgan fingerprint density at radius 2 is 1.62 bits per heavy atom. The van der Waals surface area contributed by atoms with Crippen molar-refractivity contribution in [2.75, 3.05) is 5.32 Å². The predicted octanol–water partition coefficient (Wildman–Crippen LogP) is 5.54. The molecule has 0 radical (unpaired) electrons. The number of anilines is 1. The number of nitrogens with zero attached hydrogens (tertiary/aromatic N) is 1. The molecule has 6 heteroatoms. The molecule has 24 heavy (non-hydrogen) atoms. The molecule has 0 bridgehead atoms. The van der Waals surface area contributed by atoms with Crippen molar-refractivity contribution in [1.29, 1.82) is 0 Å². The minimum absolute atomic E-state index is 0.227. The van der Waals surface area contributed by atoms with Gasteiger partial charge in [-0.2, -0.15) is 0 Å². The number of aromatic nitrogens is 1. The van der Waals surface area contributed by atoms with E-state index in [0.29, 0.717) is 27.8 Å². The summed E-state index contributed by atoms with van der Waals surface area (Å²) in [6.07, 6.45) is 3.14. The van der Waals surface area contributed by atoms with Gasteiger partial charge in [0.25, 0.3) is 5.91 Å². The van der Waals surface area contributed by atoms with Gasteiger partial charge in [0.2, 0.25) is 0 Å². The van der Waals surface area contributed by atoms with Crippen LogP contribution in [-0.4, -0.2) is 10.9 Å². The molecule has 3 rings (SSSR count). The first-order chi connectivity index (χ1) is 11.6. The van der Waals surface area contributed by atoms with Crippen molar-refractivity contribution in [3.63, 3.8) is 0 Å². The quantitative estimate of drug-likeness (QED) is 0.622. The van der Waals surface area contributed by atoms with Crippen LogP contribution in [0.4, 0.5) is 5.69 Å². The summed E-state index contributed by atoms with van der Waals surface area (Å²) < 4.78 is 6.46. The average molecular weight is 404 g/mol. The summed E-state index contributed by atoms with van der Waals surface area (Å²) in [5.74, 6) is 1.13. The molecule has 4 nitrogen and oxygen atoms in total. The molecular formula is C18H12BrClN2O2. The van der Waals surface area contributed by atoms with Crippen LogP contribution in [0.3, 0.4) is 0 Å². The minimum atomic E-state index is -0.227. The van der Waals surface area contributed by atoms with Crippen molar-refractivity contribution in [2.45, 2.75) is 0 Å². The van der Waals surface area contributed by atoms with Crippen molar-refractivity contribution < 1.29 is 9.53 Å². The molecule has 1 N–H and O–H groups in total. The van der Waals surface area contributed by atoms with Crippen molar-refractivity contribution in [3.05, 3.63) is 82.0 Å². The summed E-state index contributed by atoms with van der Waals surface area (Å²) in [4.78, 5) is 16.1. The van der Waals surface area contributed by atoms with Crippen LogP contribution in [0, 0.1) is 0 Å². The second kappa shape index (κ2) is 7.47. The predicted molar refractivity (Wildman–Crippen MR) is 97.9 cm³/mol. The Kier molecular flexibility index (Phi) is 5.13. The summed E-state index contributed by atoms with van der Waals surface area (Å²) in [5, 5.41) is 3.47. The monoisotopic (exact) mass is 402 g/mol.